The van der Waals surface area contributed by atoms with E-state index in [2.05, 4.69) is 9.47 Å². The van der Waals surface area contributed by atoms with Crippen LogP contribution in [-0.2, 0) is 19.1 Å². The SMILES string of the molecule is COC(=O)C1=C(C(=O)OC)N(c2c(F)cc(F)c(F)c2F)C=CC=C1. The maximum Gasteiger partial charge on any atom is 0.355 e. The van der Waals surface area contributed by atoms with Crippen LogP contribution in [0.15, 0.2) is 41.8 Å². The first-order valence-corrected chi connectivity index (χ1v) is 6.71. The highest BCUT2D eigenvalue weighted by atomic mass is 19.2. The Kier molecular flexibility index (Phi) is 5.26. The topological polar surface area (TPSA) is 55.8 Å². The molecule has 1 heterocycles. The van der Waals surface area contributed by atoms with Crippen LogP contribution < -0.4 is 4.90 Å². The van der Waals surface area contributed by atoms with Gasteiger partial charge >= 0.3 is 11.9 Å². The average Bonchev–Trinajstić information content (AvgIpc) is 2.81. The van der Waals surface area contributed by atoms with E-state index in [-0.39, 0.29) is 6.07 Å². The second kappa shape index (κ2) is 7.20. The van der Waals surface area contributed by atoms with Crippen LogP contribution >= 0.6 is 0 Å². The molecule has 0 fully saturated rings. The van der Waals surface area contributed by atoms with Crippen molar-refractivity contribution >= 4 is 17.6 Å². The minimum Gasteiger partial charge on any atom is -0.465 e. The summed E-state index contributed by atoms with van der Waals surface area (Å²) in [5, 5.41) is 0. The summed E-state index contributed by atoms with van der Waals surface area (Å²) in [5.41, 5.74) is -2.13. The molecule has 0 spiro atoms. The van der Waals surface area contributed by atoms with Gasteiger partial charge in [-0.3, -0.25) is 0 Å². The molecule has 0 saturated heterocycles. The Bertz CT molecular complexity index is 830. The van der Waals surface area contributed by atoms with Gasteiger partial charge in [0.25, 0.3) is 0 Å². The molecule has 1 aromatic carbocycles. The van der Waals surface area contributed by atoms with Crippen LogP contribution in [0.1, 0.15) is 0 Å². The zero-order valence-electron chi connectivity index (χ0n) is 13.0. The number of hydrogen-bond acceptors (Lipinski definition) is 5. The van der Waals surface area contributed by atoms with E-state index in [0.29, 0.717) is 4.90 Å². The van der Waals surface area contributed by atoms with Crippen molar-refractivity contribution in [2.75, 3.05) is 19.1 Å². The van der Waals surface area contributed by atoms with Gasteiger partial charge in [0.15, 0.2) is 23.3 Å². The predicted octanol–water partition coefficient (Wildman–Crippen LogP) is 2.73. The zero-order valence-corrected chi connectivity index (χ0v) is 13.0. The lowest BCUT2D eigenvalue weighted by molar-refractivity contribution is -0.139. The number of anilines is 1. The van der Waals surface area contributed by atoms with E-state index in [1.165, 1.54) is 12.2 Å². The van der Waals surface area contributed by atoms with Crippen LogP contribution in [-0.4, -0.2) is 26.2 Å². The highest BCUT2D eigenvalue weighted by molar-refractivity contribution is 6.05. The minimum atomic E-state index is -1.94. The Morgan fingerprint density at radius 1 is 0.920 bits per heavy atom. The maximum atomic E-state index is 14.1. The molecule has 132 valence electrons. The van der Waals surface area contributed by atoms with E-state index >= 15 is 0 Å². The number of nitrogens with zero attached hydrogens (tertiary/aromatic N) is 1. The monoisotopic (exact) mass is 357 g/mol. The van der Waals surface area contributed by atoms with Gasteiger partial charge in [0.05, 0.1) is 19.8 Å². The second-order valence-corrected chi connectivity index (χ2v) is 4.63. The number of methoxy groups -OCH3 is 2. The Labute approximate surface area is 139 Å². The van der Waals surface area contributed by atoms with E-state index in [1.807, 2.05) is 0 Å². The number of carbonyl (C=O) groups is 2. The van der Waals surface area contributed by atoms with Gasteiger partial charge in [0, 0.05) is 12.3 Å². The molecule has 25 heavy (non-hydrogen) atoms. The van der Waals surface area contributed by atoms with Gasteiger partial charge in [-0.25, -0.2) is 27.2 Å². The summed E-state index contributed by atoms with van der Waals surface area (Å²) in [7, 11) is 2.00. The molecule has 0 bridgehead atoms. The number of esters is 2. The molecular weight excluding hydrogens is 346 g/mol. The third-order valence-electron chi connectivity index (χ3n) is 3.22. The Morgan fingerprint density at radius 3 is 2.16 bits per heavy atom. The van der Waals surface area contributed by atoms with Gasteiger partial charge < -0.3 is 14.4 Å². The smallest absolute Gasteiger partial charge is 0.355 e. The van der Waals surface area contributed by atoms with Gasteiger partial charge in [-0.15, -0.1) is 0 Å². The summed E-state index contributed by atoms with van der Waals surface area (Å²) in [6.45, 7) is 0. The number of hydrogen-bond donors (Lipinski definition) is 0. The number of benzene rings is 1. The lowest BCUT2D eigenvalue weighted by Gasteiger charge is -2.24. The van der Waals surface area contributed by atoms with Crippen LogP contribution in [0.2, 0.25) is 0 Å². The number of carbonyl (C=O) groups excluding carboxylic acids is 2. The molecular formula is C16H11F4NO4. The predicted molar refractivity (Wildman–Crippen MR) is 78.1 cm³/mol. The fourth-order valence-corrected chi connectivity index (χ4v) is 2.11. The van der Waals surface area contributed by atoms with Crippen molar-refractivity contribution < 1.29 is 36.6 Å². The molecule has 0 aliphatic carbocycles. The quantitative estimate of drug-likeness (QED) is 0.360. The summed E-state index contributed by atoms with van der Waals surface area (Å²) in [5.74, 6) is -9.21. The summed E-state index contributed by atoms with van der Waals surface area (Å²) >= 11 is 0. The van der Waals surface area contributed by atoms with Gasteiger partial charge in [-0.05, 0) is 12.2 Å². The first-order chi connectivity index (χ1) is 11.8. The molecule has 0 unspecified atom stereocenters. The van der Waals surface area contributed by atoms with Crippen molar-refractivity contribution in [3.05, 3.63) is 65.0 Å². The summed E-state index contributed by atoms with van der Waals surface area (Å²) in [6, 6.07) is 0.118. The average molecular weight is 357 g/mol. The number of halogens is 4. The zero-order chi connectivity index (χ0) is 18.7. The maximum absolute atomic E-state index is 14.1. The van der Waals surface area contributed by atoms with Crippen molar-refractivity contribution in [1.29, 1.82) is 0 Å². The molecule has 0 saturated carbocycles. The van der Waals surface area contributed by atoms with Crippen molar-refractivity contribution in [1.82, 2.24) is 0 Å². The van der Waals surface area contributed by atoms with Crippen molar-refractivity contribution in [2.24, 2.45) is 0 Å². The molecule has 1 aromatic rings. The Balaban J connectivity index is 2.81. The molecule has 0 radical (unpaired) electrons. The third kappa shape index (κ3) is 3.25. The molecule has 0 N–H and O–H groups in total. The Morgan fingerprint density at radius 2 is 1.56 bits per heavy atom. The first kappa shape index (κ1) is 18.2. The van der Waals surface area contributed by atoms with E-state index in [4.69, 9.17) is 0 Å². The van der Waals surface area contributed by atoms with Crippen LogP contribution in [0.25, 0.3) is 0 Å². The normalized spacial score (nSPS) is 13.8. The van der Waals surface area contributed by atoms with Gasteiger partial charge in [0.2, 0.25) is 0 Å². The van der Waals surface area contributed by atoms with Crippen LogP contribution in [0, 0.1) is 23.3 Å². The lowest BCUT2D eigenvalue weighted by Crippen LogP contribution is -2.28. The summed E-state index contributed by atoms with van der Waals surface area (Å²) < 4.78 is 64.1. The number of allylic oxidation sites excluding steroid dienone is 2. The number of rotatable bonds is 3. The molecule has 0 atom stereocenters. The largest absolute Gasteiger partial charge is 0.465 e. The van der Waals surface area contributed by atoms with E-state index in [1.54, 1.807) is 0 Å². The van der Waals surface area contributed by atoms with Crippen molar-refractivity contribution in [2.45, 2.75) is 0 Å². The highest BCUT2D eigenvalue weighted by Crippen LogP contribution is 2.33. The third-order valence-corrected chi connectivity index (χ3v) is 3.22. The summed E-state index contributed by atoms with van der Waals surface area (Å²) in [6.07, 6.45) is 4.63. The van der Waals surface area contributed by atoms with Gasteiger partial charge in [0.1, 0.15) is 11.4 Å². The van der Waals surface area contributed by atoms with E-state index < -0.39 is 52.2 Å². The number of ether oxygens (including phenoxy) is 2. The molecule has 1 aliphatic rings. The lowest BCUT2D eigenvalue weighted by atomic mass is 10.1. The molecule has 5 nitrogen and oxygen atoms in total. The second-order valence-electron chi connectivity index (χ2n) is 4.63. The first-order valence-electron chi connectivity index (χ1n) is 6.71. The molecule has 2 rings (SSSR count). The standard InChI is InChI=1S/C16H11F4NO4/c1-24-15(22)8-5-3-4-6-21(13(8)16(23)25-2)14-10(18)7-9(17)11(19)12(14)20/h3-7H,1-2H3. The minimum absolute atomic E-state index is 0.118. The van der Waals surface area contributed by atoms with Crippen LogP contribution in [0.4, 0.5) is 23.2 Å². The Hall–Kier alpha value is -3.10. The van der Waals surface area contributed by atoms with Gasteiger partial charge in [-0.1, -0.05) is 6.08 Å². The fourth-order valence-electron chi connectivity index (χ4n) is 2.11. The fraction of sp³-hybridized carbons (Fsp3) is 0.125. The van der Waals surface area contributed by atoms with E-state index in [0.717, 1.165) is 26.5 Å². The summed E-state index contributed by atoms with van der Waals surface area (Å²) in [4.78, 5) is 24.5. The van der Waals surface area contributed by atoms with Crippen molar-refractivity contribution in [3.8, 4) is 0 Å². The van der Waals surface area contributed by atoms with Crippen LogP contribution in [0.5, 0.6) is 0 Å². The van der Waals surface area contributed by atoms with Gasteiger partial charge in [-0.2, -0.15) is 0 Å². The van der Waals surface area contributed by atoms with Crippen LogP contribution in [0.3, 0.4) is 0 Å². The molecule has 0 amide bonds. The molecule has 1 aliphatic heterocycles. The van der Waals surface area contributed by atoms with Crippen molar-refractivity contribution in [3.63, 3.8) is 0 Å². The highest BCUT2D eigenvalue weighted by Gasteiger charge is 2.32. The van der Waals surface area contributed by atoms with E-state index in [9.17, 15) is 27.2 Å². The molecule has 0 aromatic heterocycles. The molecule has 9 heteroatoms.